The molecule has 1 saturated heterocycles. The molecular formula is C12H15N3O2. The third-order valence-electron chi connectivity index (χ3n) is 2.51. The van der Waals surface area contributed by atoms with Gasteiger partial charge in [-0.15, -0.1) is 5.10 Å². The maximum absolute atomic E-state index is 11.5. The third kappa shape index (κ3) is 2.75. The molecular weight excluding hydrogens is 218 g/mol. The van der Waals surface area contributed by atoms with Crippen LogP contribution < -0.4 is 5.43 Å². The number of likely N-dealkylation sites (N-methyl/N-ethyl adjacent to an activating group) is 1. The summed E-state index contributed by atoms with van der Waals surface area (Å²) < 4.78 is 4.92. The lowest BCUT2D eigenvalue weighted by atomic mass is 10.2. The molecule has 0 bridgehead atoms. The summed E-state index contributed by atoms with van der Waals surface area (Å²) in [5, 5.41) is 4.07. The summed E-state index contributed by atoms with van der Waals surface area (Å²) in [5.74, 6) is -0.0864. The topological polar surface area (TPSA) is 53.9 Å². The number of nitrogens with one attached hydrogen (secondary N) is 1. The molecule has 90 valence electrons. The number of anilines is 1. The molecule has 1 aromatic carbocycles. The zero-order valence-electron chi connectivity index (χ0n) is 9.93. The van der Waals surface area contributed by atoms with Crippen molar-refractivity contribution >= 4 is 17.5 Å². The first-order chi connectivity index (χ1) is 8.16. The van der Waals surface area contributed by atoms with E-state index in [1.165, 1.54) is 0 Å². The van der Waals surface area contributed by atoms with Crippen molar-refractivity contribution in [2.75, 3.05) is 25.6 Å². The van der Waals surface area contributed by atoms with E-state index in [9.17, 15) is 4.79 Å². The van der Waals surface area contributed by atoms with Gasteiger partial charge in [0.05, 0.1) is 12.2 Å². The average Bonchev–Trinajstić information content (AvgIpc) is 2.28. The highest BCUT2D eigenvalue weighted by atomic mass is 16.5. The fourth-order valence-electron chi connectivity index (χ4n) is 1.56. The molecule has 2 rings (SSSR count). The minimum absolute atomic E-state index is 0.303. The van der Waals surface area contributed by atoms with Crippen molar-refractivity contribution in [1.82, 2.24) is 4.90 Å². The van der Waals surface area contributed by atoms with Crippen LogP contribution in [-0.2, 0) is 9.53 Å². The largest absolute Gasteiger partial charge is 0.458 e. The van der Waals surface area contributed by atoms with E-state index in [1.807, 2.05) is 38.2 Å². The number of hydrogen-bond donors (Lipinski definition) is 1. The molecule has 1 aliphatic heterocycles. The van der Waals surface area contributed by atoms with Gasteiger partial charge in [0.2, 0.25) is 5.84 Å². The number of ether oxygens (including phenoxy) is 1. The first-order valence-corrected chi connectivity index (χ1v) is 5.45. The standard InChI is InChI=1S/C12H15N3O2/c1-9-4-3-5-10(8-9)13-14-11-12(16)17-7-6-15(11)2/h3-5,8,13H,6-7H2,1-2H3. The van der Waals surface area contributed by atoms with E-state index in [1.54, 1.807) is 4.90 Å². The second-order valence-corrected chi connectivity index (χ2v) is 3.97. The van der Waals surface area contributed by atoms with Gasteiger partial charge in [-0.3, -0.25) is 5.43 Å². The van der Waals surface area contributed by atoms with Gasteiger partial charge in [0.15, 0.2) is 0 Å². The highest BCUT2D eigenvalue weighted by molar-refractivity contribution is 6.35. The fourth-order valence-corrected chi connectivity index (χ4v) is 1.56. The lowest BCUT2D eigenvalue weighted by Crippen LogP contribution is -2.43. The van der Waals surface area contributed by atoms with E-state index in [0.29, 0.717) is 19.0 Å². The van der Waals surface area contributed by atoms with E-state index in [4.69, 9.17) is 4.74 Å². The van der Waals surface area contributed by atoms with Crippen LogP contribution in [0.15, 0.2) is 29.4 Å². The summed E-state index contributed by atoms with van der Waals surface area (Å²) in [6.07, 6.45) is 0. The highest BCUT2D eigenvalue weighted by Gasteiger charge is 2.23. The Labute approximate surface area is 100 Å². The molecule has 1 N–H and O–H groups in total. The summed E-state index contributed by atoms with van der Waals surface area (Å²) in [7, 11) is 1.82. The number of esters is 1. The van der Waals surface area contributed by atoms with Crippen LogP contribution in [0.5, 0.6) is 0 Å². The van der Waals surface area contributed by atoms with Crippen LogP contribution in [0.4, 0.5) is 5.69 Å². The van der Waals surface area contributed by atoms with Crippen LogP contribution in [0.1, 0.15) is 5.56 Å². The number of nitrogens with zero attached hydrogens (tertiary/aromatic N) is 2. The van der Waals surface area contributed by atoms with Crippen molar-refractivity contribution in [2.24, 2.45) is 5.10 Å². The zero-order chi connectivity index (χ0) is 12.3. The van der Waals surface area contributed by atoms with Crippen LogP contribution >= 0.6 is 0 Å². The summed E-state index contributed by atoms with van der Waals surface area (Å²) in [5.41, 5.74) is 4.85. The number of hydrogen-bond acceptors (Lipinski definition) is 4. The first-order valence-electron chi connectivity index (χ1n) is 5.45. The molecule has 0 atom stereocenters. The minimum atomic E-state index is -0.390. The summed E-state index contributed by atoms with van der Waals surface area (Å²) in [4.78, 5) is 13.2. The molecule has 1 aliphatic rings. The summed E-state index contributed by atoms with van der Waals surface area (Å²) in [6.45, 7) is 3.08. The predicted molar refractivity (Wildman–Crippen MR) is 65.8 cm³/mol. The Balaban J connectivity index is 2.11. The normalized spacial score (nSPS) is 18.1. The van der Waals surface area contributed by atoms with Gasteiger partial charge in [-0.2, -0.15) is 0 Å². The number of benzene rings is 1. The Morgan fingerprint density at radius 3 is 3.00 bits per heavy atom. The molecule has 0 spiro atoms. The number of amidine groups is 1. The number of hydrazone groups is 1. The molecule has 5 heteroatoms. The maximum Gasteiger partial charge on any atom is 0.376 e. The van der Waals surface area contributed by atoms with Crippen molar-refractivity contribution in [1.29, 1.82) is 0 Å². The van der Waals surface area contributed by atoms with Crippen LogP contribution in [-0.4, -0.2) is 36.9 Å². The zero-order valence-corrected chi connectivity index (χ0v) is 9.93. The Kier molecular flexibility index (Phi) is 3.27. The third-order valence-corrected chi connectivity index (χ3v) is 2.51. The smallest absolute Gasteiger partial charge is 0.376 e. The molecule has 0 radical (unpaired) electrons. The van der Waals surface area contributed by atoms with Gasteiger partial charge in [0, 0.05) is 7.05 Å². The van der Waals surface area contributed by atoms with Gasteiger partial charge >= 0.3 is 5.97 Å². The molecule has 1 aromatic rings. The lowest BCUT2D eigenvalue weighted by Gasteiger charge is -2.24. The van der Waals surface area contributed by atoms with Crippen LogP contribution in [0.25, 0.3) is 0 Å². The van der Waals surface area contributed by atoms with E-state index in [-0.39, 0.29) is 5.97 Å². The number of carbonyl (C=O) groups is 1. The molecule has 1 fully saturated rings. The van der Waals surface area contributed by atoms with Crippen molar-refractivity contribution < 1.29 is 9.53 Å². The minimum Gasteiger partial charge on any atom is -0.458 e. The predicted octanol–water partition coefficient (Wildman–Crippen LogP) is 1.21. The van der Waals surface area contributed by atoms with Crippen molar-refractivity contribution in [3.05, 3.63) is 29.8 Å². The quantitative estimate of drug-likeness (QED) is 0.616. The number of aryl methyl sites for hydroxylation is 1. The lowest BCUT2D eigenvalue weighted by molar-refractivity contribution is -0.138. The molecule has 0 aromatic heterocycles. The van der Waals surface area contributed by atoms with E-state index in [2.05, 4.69) is 10.5 Å². The SMILES string of the molecule is Cc1cccc(NN=C2C(=O)OCCN2C)c1. The first kappa shape index (κ1) is 11.4. The molecule has 1 heterocycles. The number of cyclic esters (lactones) is 1. The molecule has 0 amide bonds. The van der Waals surface area contributed by atoms with Crippen molar-refractivity contribution in [2.45, 2.75) is 6.92 Å². The second-order valence-electron chi connectivity index (χ2n) is 3.97. The van der Waals surface area contributed by atoms with Gasteiger partial charge in [-0.1, -0.05) is 12.1 Å². The number of carbonyl (C=O) groups excluding carboxylic acids is 1. The van der Waals surface area contributed by atoms with Gasteiger partial charge in [0.1, 0.15) is 6.61 Å². The summed E-state index contributed by atoms with van der Waals surface area (Å²) >= 11 is 0. The van der Waals surface area contributed by atoms with Gasteiger partial charge in [0.25, 0.3) is 0 Å². The van der Waals surface area contributed by atoms with E-state index >= 15 is 0 Å². The van der Waals surface area contributed by atoms with Crippen molar-refractivity contribution in [3.63, 3.8) is 0 Å². The number of rotatable bonds is 2. The van der Waals surface area contributed by atoms with Gasteiger partial charge < -0.3 is 9.64 Å². The van der Waals surface area contributed by atoms with Crippen LogP contribution in [0.2, 0.25) is 0 Å². The second kappa shape index (κ2) is 4.86. The summed E-state index contributed by atoms with van der Waals surface area (Å²) in [6, 6.07) is 7.78. The monoisotopic (exact) mass is 233 g/mol. The average molecular weight is 233 g/mol. The van der Waals surface area contributed by atoms with Gasteiger partial charge in [-0.25, -0.2) is 4.79 Å². The molecule has 0 saturated carbocycles. The van der Waals surface area contributed by atoms with Gasteiger partial charge in [-0.05, 0) is 24.6 Å². The van der Waals surface area contributed by atoms with Crippen molar-refractivity contribution in [3.8, 4) is 0 Å². The van der Waals surface area contributed by atoms with E-state index in [0.717, 1.165) is 11.3 Å². The molecule has 17 heavy (non-hydrogen) atoms. The highest BCUT2D eigenvalue weighted by Crippen LogP contribution is 2.10. The Hall–Kier alpha value is -2.04. The Bertz CT molecular complexity index is 457. The van der Waals surface area contributed by atoms with Crippen LogP contribution in [0, 0.1) is 6.92 Å². The van der Waals surface area contributed by atoms with E-state index < -0.39 is 0 Å². The fraction of sp³-hybridized carbons (Fsp3) is 0.333. The number of morpholine rings is 1. The van der Waals surface area contributed by atoms with Crippen LogP contribution in [0.3, 0.4) is 0 Å². The molecule has 0 aliphatic carbocycles. The Morgan fingerprint density at radius 1 is 1.47 bits per heavy atom. The molecule has 5 nitrogen and oxygen atoms in total. The maximum atomic E-state index is 11.5. The Morgan fingerprint density at radius 2 is 2.29 bits per heavy atom. The molecule has 0 unspecified atom stereocenters.